The van der Waals surface area contributed by atoms with E-state index >= 15 is 0 Å². The lowest BCUT2D eigenvalue weighted by Crippen LogP contribution is -2.37. The molecule has 5 nitrogen and oxygen atoms in total. The summed E-state index contributed by atoms with van der Waals surface area (Å²) in [6, 6.07) is 7.16. The summed E-state index contributed by atoms with van der Waals surface area (Å²) in [4.78, 5) is 22.2. The Bertz CT molecular complexity index is 557. The third-order valence-electron chi connectivity index (χ3n) is 3.85. The van der Waals surface area contributed by atoms with Gasteiger partial charge in [-0.1, -0.05) is 28.1 Å². The molecule has 2 aliphatic rings. The molecule has 0 heterocycles. The fraction of sp³-hybridized carbons (Fsp3) is 0.462. The molecule has 2 saturated carbocycles. The normalized spacial score (nSPS) is 26.6. The molecule has 1 amide bonds. The number of carbonyl (C=O) groups excluding carboxylic acids is 1. The lowest BCUT2D eigenvalue weighted by Gasteiger charge is -2.18. The fourth-order valence-corrected chi connectivity index (χ4v) is 2.82. The molecule has 0 spiro atoms. The van der Waals surface area contributed by atoms with Gasteiger partial charge in [0.25, 0.3) is 0 Å². The van der Waals surface area contributed by atoms with Crippen LogP contribution in [0.15, 0.2) is 28.7 Å². The van der Waals surface area contributed by atoms with Crippen molar-refractivity contribution in [1.29, 1.82) is 0 Å². The molecule has 0 saturated heterocycles. The molecule has 2 aliphatic carbocycles. The molecule has 2 fully saturated rings. The summed E-state index contributed by atoms with van der Waals surface area (Å²) in [5, 5.41) is 13.6. The Balaban J connectivity index is 1.70. The fourth-order valence-electron chi connectivity index (χ4n) is 2.42. The summed E-state index contributed by atoms with van der Waals surface area (Å²) in [5.74, 6) is -0.626. The van der Waals surface area contributed by atoms with Crippen LogP contribution in [0.2, 0.25) is 0 Å². The Hall–Kier alpha value is -1.43. The van der Waals surface area contributed by atoms with Crippen LogP contribution in [-0.2, 0) is 10.3 Å². The van der Waals surface area contributed by atoms with Crippen LogP contribution in [-0.4, -0.2) is 16.9 Å². The zero-order valence-corrected chi connectivity index (χ0v) is 11.7. The van der Waals surface area contributed by atoms with Crippen LogP contribution in [0.5, 0.6) is 0 Å². The lowest BCUT2D eigenvalue weighted by molar-refractivity contribution is -0.497. The van der Waals surface area contributed by atoms with Gasteiger partial charge in [-0.25, -0.2) is 0 Å². The van der Waals surface area contributed by atoms with E-state index in [1.54, 1.807) is 0 Å². The highest BCUT2D eigenvalue weighted by Crippen LogP contribution is 2.47. The minimum atomic E-state index is -0.682. The van der Waals surface area contributed by atoms with Gasteiger partial charge in [-0.2, -0.15) is 0 Å². The Morgan fingerprint density at radius 3 is 2.74 bits per heavy atom. The first-order valence-corrected chi connectivity index (χ1v) is 7.03. The Morgan fingerprint density at radius 2 is 2.21 bits per heavy atom. The number of hydrogen-bond donors (Lipinski definition) is 1. The van der Waals surface area contributed by atoms with Crippen LogP contribution < -0.4 is 5.32 Å². The average Bonchev–Trinajstić information content (AvgIpc) is 3.23. The van der Waals surface area contributed by atoms with Crippen molar-refractivity contribution in [2.45, 2.75) is 30.8 Å². The third-order valence-corrected chi connectivity index (χ3v) is 4.35. The molecular weight excluding hydrogens is 312 g/mol. The molecule has 0 aliphatic heterocycles. The van der Waals surface area contributed by atoms with E-state index in [9.17, 15) is 14.9 Å². The van der Waals surface area contributed by atoms with Gasteiger partial charge < -0.3 is 5.32 Å². The topological polar surface area (TPSA) is 72.2 Å². The van der Waals surface area contributed by atoms with Crippen molar-refractivity contribution in [2.75, 3.05) is 0 Å². The number of carbonyl (C=O) groups is 1. The van der Waals surface area contributed by atoms with E-state index < -0.39 is 12.0 Å². The van der Waals surface area contributed by atoms with Gasteiger partial charge in [-0.3, -0.25) is 14.9 Å². The quantitative estimate of drug-likeness (QED) is 0.681. The van der Waals surface area contributed by atoms with Crippen LogP contribution in [0.4, 0.5) is 0 Å². The van der Waals surface area contributed by atoms with Gasteiger partial charge in [0.2, 0.25) is 11.9 Å². The number of nitrogens with zero attached hydrogens (tertiary/aromatic N) is 1. The first-order valence-electron chi connectivity index (χ1n) is 6.23. The number of halogens is 1. The summed E-state index contributed by atoms with van der Waals surface area (Å²) in [5.41, 5.74) is 0.762. The maximum Gasteiger partial charge on any atom is 0.231 e. The Morgan fingerprint density at radius 1 is 1.47 bits per heavy atom. The maximum absolute atomic E-state index is 12.0. The summed E-state index contributed by atoms with van der Waals surface area (Å²) >= 11 is 3.42. The molecule has 0 unspecified atom stereocenters. The number of nitro groups is 1. The zero-order valence-electron chi connectivity index (χ0n) is 10.1. The molecule has 0 radical (unpaired) electrons. The molecule has 2 atom stereocenters. The molecule has 1 aromatic carbocycles. The maximum atomic E-state index is 12.0. The molecule has 1 aromatic rings. The highest BCUT2D eigenvalue weighted by molar-refractivity contribution is 9.10. The van der Waals surface area contributed by atoms with E-state index in [1.807, 2.05) is 24.3 Å². The highest BCUT2D eigenvalue weighted by Gasteiger charge is 2.56. The Kier molecular flexibility index (Phi) is 2.85. The number of nitrogens with one attached hydrogen (secondary N) is 1. The third kappa shape index (κ3) is 2.36. The average molecular weight is 325 g/mol. The zero-order chi connectivity index (χ0) is 13.6. The van der Waals surface area contributed by atoms with Crippen LogP contribution in [0.25, 0.3) is 0 Å². The van der Waals surface area contributed by atoms with E-state index in [-0.39, 0.29) is 16.4 Å². The van der Waals surface area contributed by atoms with Gasteiger partial charge in [0.1, 0.15) is 5.92 Å². The van der Waals surface area contributed by atoms with Crippen LogP contribution in [0.3, 0.4) is 0 Å². The summed E-state index contributed by atoms with van der Waals surface area (Å²) in [6.07, 6.45) is 2.16. The second kappa shape index (κ2) is 4.30. The second-order valence-electron chi connectivity index (χ2n) is 5.28. The van der Waals surface area contributed by atoms with Crippen LogP contribution >= 0.6 is 15.9 Å². The minimum Gasteiger partial charge on any atom is -0.346 e. The van der Waals surface area contributed by atoms with E-state index in [4.69, 9.17) is 0 Å². The van der Waals surface area contributed by atoms with Crippen molar-refractivity contribution >= 4 is 21.8 Å². The first kappa shape index (κ1) is 12.6. The van der Waals surface area contributed by atoms with Crippen LogP contribution in [0.1, 0.15) is 24.8 Å². The van der Waals surface area contributed by atoms with Crippen molar-refractivity contribution in [3.63, 3.8) is 0 Å². The van der Waals surface area contributed by atoms with Gasteiger partial charge in [-0.15, -0.1) is 0 Å². The van der Waals surface area contributed by atoms with Crippen molar-refractivity contribution in [2.24, 2.45) is 5.92 Å². The van der Waals surface area contributed by atoms with Crippen molar-refractivity contribution < 1.29 is 9.72 Å². The molecule has 19 heavy (non-hydrogen) atoms. The van der Waals surface area contributed by atoms with E-state index in [0.29, 0.717) is 6.42 Å². The smallest absolute Gasteiger partial charge is 0.231 e. The predicted molar refractivity (Wildman–Crippen MR) is 72.1 cm³/mol. The standard InChI is InChI=1S/C13H13BrN2O3/c14-9-3-1-2-8(6-9)13(4-5-13)15-12(17)10-7-11(10)16(18)19/h1-3,6,10-11H,4-5,7H2,(H,15,17)/t10-,11-/m1/s1. The molecule has 0 bridgehead atoms. The number of benzene rings is 1. The summed E-state index contributed by atoms with van der Waals surface area (Å²) in [7, 11) is 0. The van der Waals surface area contributed by atoms with Gasteiger partial charge in [0, 0.05) is 15.8 Å². The SMILES string of the molecule is O=C(NC1(c2cccc(Br)c2)CC1)[C@@H]1C[C@H]1[N+](=O)[O-]. The summed E-state index contributed by atoms with van der Waals surface area (Å²) < 4.78 is 0.972. The minimum absolute atomic E-state index is 0.181. The molecule has 1 N–H and O–H groups in total. The van der Waals surface area contributed by atoms with Gasteiger partial charge in [0.05, 0.1) is 5.54 Å². The van der Waals surface area contributed by atoms with Crippen molar-refractivity contribution in [3.8, 4) is 0 Å². The monoisotopic (exact) mass is 324 g/mol. The number of rotatable bonds is 4. The number of amides is 1. The first-order chi connectivity index (χ1) is 9.02. The van der Waals surface area contributed by atoms with E-state index in [0.717, 1.165) is 22.9 Å². The molecular formula is C13H13BrN2O3. The molecule has 100 valence electrons. The lowest BCUT2D eigenvalue weighted by atomic mass is 10.0. The Labute approximate surface area is 118 Å². The van der Waals surface area contributed by atoms with E-state index in [2.05, 4.69) is 21.2 Å². The van der Waals surface area contributed by atoms with Crippen LogP contribution in [0, 0.1) is 16.0 Å². The molecule has 0 aromatic heterocycles. The van der Waals surface area contributed by atoms with Crippen molar-refractivity contribution in [1.82, 2.24) is 5.32 Å². The second-order valence-corrected chi connectivity index (χ2v) is 6.19. The summed E-state index contributed by atoms with van der Waals surface area (Å²) in [6.45, 7) is 0. The van der Waals surface area contributed by atoms with Gasteiger partial charge in [-0.05, 0) is 30.5 Å². The predicted octanol–water partition coefficient (Wildman–Crippen LogP) is 2.22. The molecule has 3 rings (SSSR count). The largest absolute Gasteiger partial charge is 0.346 e. The van der Waals surface area contributed by atoms with E-state index in [1.165, 1.54) is 0 Å². The molecule has 6 heteroatoms. The van der Waals surface area contributed by atoms with Gasteiger partial charge in [0.15, 0.2) is 0 Å². The number of hydrogen-bond acceptors (Lipinski definition) is 3. The highest BCUT2D eigenvalue weighted by atomic mass is 79.9. The van der Waals surface area contributed by atoms with Crippen molar-refractivity contribution in [3.05, 3.63) is 44.4 Å². The van der Waals surface area contributed by atoms with Gasteiger partial charge >= 0.3 is 0 Å².